The second-order valence-electron chi connectivity index (χ2n) is 4.74. The summed E-state index contributed by atoms with van der Waals surface area (Å²) in [7, 11) is -2.41. The number of halogens is 3. The quantitative estimate of drug-likeness (QED) is 0.818. The molecule has 0 atom stereocenters. The van der Waals surface area contributed by atoms with Gasteiger partial charge in [-0.3, -0.25) is 9.36 Å². The first-order chi connectivity index (χ1) is 10.1. The van der Waals surface area contributed by atoms with Gasteiger partial charge in [-0.25, -0.2) is 8.42 Å². The van der Waals surface area contributed by atoms with Crippen molar-refractivity contribution < 1.29 is 21.6 Å². The molecule has 2 aromatic heterocycles. The molecule has 2 aromatic rings. The van der Waals surface area contributed by atoms with E-state index >= 15 is 0 Å². The Bertz CT molecular complexity index is 763. The average molecular weight is 337 g/mol. The van der Waals surface area contributed by atoms with Crippen LogP contribution in [0.1, 0.15) is 24.0 Å². The Morgan fingerprint density at radius 2 is 1.95 bits per heavy atom. The molecule has 11 heteroatoms. The minimum absolute atomic E-state index is 0.0322. The van der Waals surface area contributed by atoms with Gasteiger partial charge < -0.3 is 0 Å². The highest BCUT2D eigenvalue weighted by Gasteiger charge is 2.35. The van der Waals surface area contributed by atoms with Crippen LogP contribution < -0.4 is 0 Å². The smallest absolute Gasteiger partial charge is 0.271 e. The maximum Gasteiger partial charge on any atom is 0.435 e. The lowest BCUT2D eigenvalue weighted by molar-refractivity contribution is -0.141. The van der Waals surface area contributed by atoms with Gasteiger partial charge in [0, 0.05) is 19.8 Å². The minimum Gasteiger partial charge on any atom is -0.271 e. The second kappa shape index (κ2) is 5.71. The zero-order valence-corrected chi connectivity index (χ0v) is 12.7. The van der Waals surface area contributed by atoms with Crippen molar-refractivity contribution in [1.29, 1.82) is 0 Å². The molecule has 0 aliphatic heterocycles. The fraction of sp³-hybridized carbons (Fsp3) is 0.545. The third kappa shape index (κ3) is 3.84. The Morgan fingerprint density at radius 3 is 2.45 bits per heavy atom. The van der Waals surface area contributed by atoms with Gasteiger partial charge in [-0.15, -0.1) is 5.10 Å². The molecule has 0 radical (unpaired) electrons. The van der Waals surface area contributed by atoms with E-state index in [9.17, 15) is 21.6 Å². The van der Waals surface area contributed by atoms with Crippen molar-refractivity contribution in [3.63, 3.8) is 0 Å². The summed E-state index contributed by atoms with van der Waals surface area (Å²) in [6, 6.07) is 0.737. The molecule has 22 heavy (non-hydrogen) atoms. The molecule has 0 aromatic carbocycles. The Hall–Kier alpha value is -1.91. The molecule has 0 spiro atoms. The summed E-state index contributed by atoms with van der Waals surface area (Å²) in [5.74, 6) is -0.939. The Kier molecular flexibility index (Phi) is 4.27. The summed E-state index contributed by atoms with van der Waals surface area (Å²) >= 11 is 0. The molecule has 122 valence electrons. The lowest BCUT2D eigenvalue weighted by atomic mass is 10.4. The van der Waals surface area contributed by atoms with E-state index in [-0.39, 0.29) is 17.1 Å². The molecule has 2 heterocycles. The number of sulfone groups is 1. The van der Waals surface area contributed by atoms with E-state index in [4.69, 9.17) is 0 Å². The number of hydrogen-bond acceptors (Lipinski definition) is 5. The largest absolute Gasteiger partial charge is 0.435 e. The van der Waals surface area contributed by atoms with Gasteiger partial charge in [-0.2, -0.15) is 18.3 Å². The lowest BCUT2D eigenvalue weighted by Gasteiger charge is -2.02. The van der Waals surface area contributed by atoms with Gasteiger partial charge in [-0.1, -0.05) is 5.21 Å². The number of nitrogens with zero attached hydrogens (tertiary/aromatic N) is 5. The van der Waals surface area contributed by atoms with Crippen LogP contribution in [-0.2, 0) is 41.1 Å². The first-order valence-corrected chi connectivity index (χ1v) is 8.12. The van der Waals surface area contributed by atoms with Gasteiger partial charge in [0.15, 0.2) is 15.5 Å². The highest BCUT2D eigenvalue weighted by molar-refractivity contribution is 7.89. The summed E-state index contributed by atoms with van der Waals surface area (Å²) in [6.07, 6.45) is -3.12. The second-order valence-corrected chi connectivity index (χ2v) is 6.80. The van der Waals surface area contributed by atoms with Crippen LogP contribution in [0.3, 0.4) is 0 Å². The molecule has 0 bridgehead atoms. The van der Waals surface area contributed by atoms with E-state index in [2.05, 4.69) is 15.4 Å². The van der Waals surface area contributed by atoms with E-state index in [0.717, 1.165) is 10.7 Å². The molecule has 2 rings (SSSR count). The highest BCUT2D eigenvalue weighted by Crippen LogP contribution is 2.28. The fourth-order valence-electron chi connectivity index (χ4n) is 1.84. The minimum atomic E-state index is -4.61. The molecule has 0 amide bonds. The third-order valence-electron chi connectivity index (χ3n) is 2.91. The first kappa shape index (κ1) is 16.5. The fourth-order valence-corrected chi connectivity index (χ4v) is 3.25. The molecule has 0 aliphatic carbocycles. The molecule has 0 saturated carbocycles. The molecular formula is C11H14F3N5O2S. The number of aromatic nitrogens is 5. The van der Waals surface area contributed by atoms with Crippen LogP contribution in [0.4, 0.5) is 13.2 Å². The summed E-state index contributed by atoms with van der Waals surface area (Å²) in [5.41, 5.74) is -0.896. The number of alkyl halides is 3. The van der Waals surface area contributed by atoms with Crippen LogP contribution in [-0.4, -0.2) is 33.2 Å². The number of rotatable bonds is 5. The summed E-state index contributed by atoms with van der Waals surface area (Å²) in [4.78, 5) is 0. The van der Waals surface area contributed by atoms with Crippen LogP contribution in [0.2, 0.25) is 0 Å². The van der Waals surface area contributed by atoms with Crippen molar-refractivity contribution in [2.24, 2.45) is 7.05 Å². The van der Waals surface area contributed by atoms with Gasteiger partial charge in [0.05, 0.1) is 22.9 Å². The van der Waals surface area contributed by atoms with Crippen molar-refractivity contribution in [3.8, 4) is 0 Å². The zero-order valence-electron chi connectivity index (χ0n) is 11.9. The number of hydrogen-bond donors (Lipinski definition) is 0. The Morgan fingerprint density at radius 1 is 1.27 bits per heavy atom. The molecular weight excluding hydrogens is 323 g/mol. The normalized spacial score (nSPS) is 12.8. The SMILES string of the molecule is CCn1cc(CS(=O)(=O)Cc2cc(C(F)(F)F)nn2C)nn1. The van der Waals surface area contributed by atoms with Crippen LogP contribution in [0.15, 0.2) is 12.3 Å². The molecule has 0 fully saturated rings. The van der Waals surface area contributed by atoms with Crippen LogP contribution in [0, 0.1) is 0 Å². The van der Waals surface area contributed by atoms with Crippen molar-refractivity contribution in [1.82, 2.24) is 24.8 Å². The zero-order chi connectivity index (χ0) is 16.5. The average Bonchev–Trinajstić information content (AvgIpc) is 2.95. The van der Waals surface area contributed by atoms with Crippen molar-refractivity contribution in [3.05, 3.63) is 29.3 Å². The van der Waals surface area contributed by atoms with E-state index in [1.54, 1.807) is 0 Å². The number of aryl methyl sites for hydroxylation is 2. The topological polar surface area (TPSA) is 82.7 Å². The molecule has 0 saturated heterocycles. The molecule has 0 unspecified atom stereocenters. The molecule has 0 aliphatic rings. The van der Waals surface area contributed by atoms with Crippen LogP contribution >= 0.6 is 0 Å². The Labute approximate surface area is 124 Å². The maximum absolute atomic E-state index is 12.6. The summed E-state index contributed by atoms with van der Waals surface area (Å²) < 4.78 is 64.2. The van der Waals surface area contributed by atoms with E-state index in [1.165, 1.54) is 17.9 Å². The van der Waals surface area contributed by atoms with Crippen LogP contribution in [0.25, 0.3) is 0 Å². The monoisotopic (exact) mass is 337 g/mol. The van der Waals surface area contributed by atoms with Gasteiger partial charge in [0.25, 0.3) is 0 Å². The predicted molar refractivity (Wildman–Crippen MR) is 70.2 cm³/mol. The molecule has 7 nitrogen and oxygen atoms in total. The summed E-state index contributed by atoms with van der Waals surface area (Å²) in [5, 5.41) is 10.7. The van der Waals surface area contributed by atoms with Crippen LogP contribution in [0.5, 0.6) is 0 Å². The maximum atomic E-state index is 12.6. The Balaban J connectivity index is 2.16. The summed E-state index contributed by atoms with van der Waals surface area (Å²) in [6.45, 7) is 2.37. The van der Waals surface area contributed by atoms with Crippen molar-refractivity contribution in [2.75, 3.05) is 0 Å². The van der Waals surface area contributed by atoms with E-state index in [1.807, 2.05) is 6.92 Å². The van der Waals surface area contributed by atoms with Crippen molar-refractivity contribution in [2.45, 2.75) is 31.2 Å². The third-order valence-corrected chi connectivity index (χ3v) is 4.38. The van der Waals surface area contributed by atoms with Gasteiger partial charge >= 0.3 is 6.18 Å². The van der Waals surface area contributed by atoms with Crippen molar-refractivity contribution >= 4 is 9.84 Å². The van der Waals surface area contributed by atoms with Gasteiger partial charge in [0.1, 0.15) is 0 Å². The van der Waals surface area contributed by atoms with E-state index < -0.39 is 27.5 Å². The first-order valence-electron chi connectivity index (χ1n) is 6.30. The molecule has 0 N–H and O–H groups in total. The predicted octanol–water partition coefficient (Wildman–Crippen LogP) is 1.17. The standard InChI is InChI=1S/C11H14F3N5O2S/c1-3-19-5-8(15-17-19)6-22(20,21)7-9-4-10(11(12,13)14)16-18(9)2/h4-5H,3,6-7H2,1-2H3. The highest BCUT2D eigenvalue weighted by atomic mass is 32.2. The van der Waals surface area contributed by atoms with E-state index in [0.29, 0.717) is 6.54 Å². The lowest BCUT2D eigenvalue weighted by Crippen LogP contribution is -2.11. The van der Waals surface area contributed by atoms with Gasteiger partial charge in [-0.05, 0) is 13.0 Å². The van der Waals surface area contributed by atoms with Gasteiger partial charge in [0.2, 0.25) is 0 Å².